The van der Waals surface area contributed by atoms with E-state index in [-0.39, 0.29) is 126 Å². The summed E-state index contributed by atoms with van der Waals surface area (Å²) in [4.78, 5) is 24.8. The van der Waals surface area contributed by atoms with Crippen molar-refractivity contribution in [1.29, 1.82) is 0 Å². The van der Waals surface area contributed by atoms with Gasteiger partial charge in [-0.2, -0.15) is 19.3 Å². The summed E-state index contributed by atoms with van der Waals surface area (Å²) >= 11 is 12.3. The number of hydrogen-bond donors (Lipinski definition) is 3. The molecule has 0 atom stereocenters. The Hall–Kier alpha value is -3.29. The molecule has 5 aromatic rings. The van der Waals surface area contributed by atoms with Crippen LogP contribution >= 0.6 is 35.2 Å². The number of azo groups is 1. The van der Waals surface area contributed by atoms with Gasteiger partial charge < -0.3 is 40.8 Å². The van der Waals surface area contributed by atoms with Gasteiger partial charge in [0.15, 0.2) is 31.3 Å². The van der Waals surface area contributed by atoms with E-state index < -0.39 is 80.6 Å². The first kappa shape index (κ1) is 58.8. The van der Waals surface area contributed by atoms with Crippen LogP contribution in [0.15, 0.2) is 126 Å². The molecule has 0 aliphatic rings. The summed E-state index contributed by atoms with van der Waals surface area (Å²) in [6, 6.07) is 15.5. The average Bonchev–Trinajstić information content (AvgIpc) is 3.24. The zero-order valence-corrected chi connectivity index (χ0v) is 43.8. The van der Waals surface area contributed by atoms with Crippen LogP contribution in [-0.2, 0) is 56.2 Å². The van der Waals surface area contributed by atoms with Gasteiger partial charge in [0.1, 0.15) is 15.8 Å². The smallest absolute Gasteiger partial charge is 0.744 e. The molecule has 0 saturated carbocycles. The number of aromatic hydroxyl groups is 1. The summed E-state index contributed by atoms with van der Waals surface area (Å²) in [5, 5.41) is 49.6. The molecular formula is C35H28Cl2CuN9Na2O13S4. The molecule has 0 saturated heterocycles. The van der Waals surface area contributed by atoms with Gasteiger partial charge in [0.2, 0.25) is 17.2 Å². The van der Waals surface area contributed by atoms with Crippen molar-refractivity contribution in [2.75, 3.05) is 28.4 Å². The van der Waals surface area contributed by atoms with Gasteiger partial charge in [-0.3, -0.25) is 5.04 Å². The molecule has 3 N–H and O–H groups in total. The first-order valence-electron chi connectivity index (χ1n) is 17.2. The van der Waals surface area contributed by atoms with Crippen LogP contribution in [0, 0.1) is 0 Å². The van der Waals surface area contributed by atoms with Gasteiger partial charge in [0.25, 0.3) is 0 Å². The molecule has 0 unspecified atom stereocenters. The number of anilines is 4. The quantitative estimate of drug-likeness (QED) is 0.00940. The number of carbonyl (C=O) groups is 1. The zero-order valence-electron chi connectivity index (χ0n) is 34.1. The standard InChI is InChI=1S/C35H31Cl2N9O13S4.Cu.2Na/c1-3-46(21-6-5-7-24(16-21)61(51,52)4-2)35-40-33(37)39-34(41-35)38-28-18-25(63(55,56)57)19-29(30(28)47)43-45-31(20-8-11-23(12-9-20)62(53,54)15-14-36)44-42-27-17-22(60-59-58-50)10-13-26(27)32(48)49;;;/h4-13,16-19H,2-3,14-15H2,1H3,(H6,38,39,40,41,42,43,44,45,47,48,49,50,55,56,57);;;/q;3*+1/p-3. The molecule has 0 fully saturated rings. The van der Waals surface area contributed by atoms with E-state index in [4.69, 9.17) is 23.2 Å². The van der Waals surface area contributed by atoms with Crippen molar-refractivity contribution in [3.8, 4) is 5.75 Å². The van der Waals surface area contributed by atoms with E-state index in [2.05, 4.69) is 57.0 Å². The van der Waals surface area contributed by atoms with E-state index in [0.717, 1.165) is 23.6 Å². The fourth-order valence-corrected chi connectivity index (χ4v) is 8.57. The van der Waals surface area contributed by atoms with Crippen molar-refractivity contribution in [2.24, 2.45) is 15.3 Å². The number of carboxylic acids is 1. The second-order valence-corrected chi connectivity index (χ2v) is 18.9. The minimum Gasteiger partial charge on any atom is -0.744 e. The Kier molecular flexibility index (Phi) is 23.1. The largest absolute Gasteiger partial charge is 1.00 e. The molecule has 0 spiro atoms. The van der Waals surface area contributed by atoms with Gasteiger partial charge in [-0.05, 0) is 85.3 Å². The minimum absolute atomic E-state index is 0. The normalized spacial score (nSPS) is 11.7. The molecule has 0 aliphatic carbocycles. The molecule has 0 radical (unpaired) electrons. The fourth-order valence-electron chi connectivity index (χ4n) is 5.16. The predicted molar refractivity (Wildman–Crippen MR) is 225 cm³/mol. The molecular weight excluding hydrogens is 1060 g/mol. The summed E-state index contributed by atoms with van der Waals surface area (Å²) in [5.74, 6) is -3.88. The number of nitrogens with zero attached hydrogens (tertiary/aromatic N) is 8. The Balaban J connectivity index is 0.00000499. The minimum atomic E-state index is -5.29. The second kappa shape index (κ2) is 25.9. The Morgan fingerprint density at radius 2 is 1.68 bits per heavy atom. The number of amidine groups is 1. The summed E-state index contributed by atoms with van der Waals surface area (Å²) < 4.78 is 91.5. The Morgan fingerprint density at radius 1 is 0.985 bits per heavy atom. The SMILES string of the molecule is C=CS(=O)(=O)c1cccc(N(CC)c2nc(Cl)nc(Nc3cc(S(=O)(=O)[O-])cc(N=NC(=N[N-]c4cc(SOO[O-])ccc4C(=O)O)c4ccc(S(=O)(=O)CCCl)cc4)c3O)n2)c1.[Cu+].[Na+].[Na+]. The van der Waals surface area contributed by atoms with Gasteiger partial charge in [-0.25, -0.2) is 30.0 Å². The van der Waals surface area contributed by atoms with Gasteiger partial charge in [0, 0.05) is 39.5 Å². The fraction of sp³-hybridized carbons (Fsp3) is 0.114. The maximum atomic E-state index is 12.6. The van der Waals surface area contributed by atoms with Crippen molar-refractivity contribution in [3.05, 3.63) is 113 Å². The van der Waals surface area contributed by atoms with Crippen molar-refractivity contribution in [1.82, 2.24) is 15.0 Å². The Bertz CT molecular complexity index is 2970. The van der Waals surface area contributed by atoms with Crippen LogP contribution < -0.4 is 74.6 Å². The molecule has 1 heterocycles. The first-order valence-corrected chi connectivity index (χ1v) is 23.4. The van der Waals surface area contributed by atoms with Crippen molar-refractivity contribution < 1.29 is 136 Å². The maximum Gasteiger partial charge on any atom is 1.00 e. The number of halogens is 2. The van der Waals surface area contributed by atoms with Crippen LogP contribution in [-0.4, -0.2) is 85.0 Å². The van der Waals surface area contributed by atoms with Crippen LogP contribution in [0.5, 0.6) is 5.75 Å². The van der Waals surface area contributed by atoms with Gasteiger partial charge in [0.05, 0.1) is 38.2 Å². The molecule has 5 rings (SSSR count). The number of carboxylic acid groups (broad SMARTS) is 1. The third kappa shape index (κ3) is 15.4. The van der Waals surface area contributed by atoms with Crippen molar-refractivity contribution in [3.63, 3.8) is 0 Å². The van der Waals surface area contributed by atoms with E-state index in [9.17, 15) is 50.1 Å². The molecule has 66 heavy (non-hydrogen) atoms. The Morgan fingerprint density at radius 3 is 2.29 bits per heavy atom. The van der Waals surface area contributed by atoms with Crippen molar-refractivity contribution >= 4 is 111 Å². The van der Waals surface area contributed by atoms with Crippen LogP contribution in [0.1, 0.15) is 22.8 Å². The number of alkyl halides is 1. The number of rotatable bonds is 19. The first-order chi connectivity index (χ1) is 29.8. The third-order valence-electron chi connectivity index (χ3n) is 8.11. The molecule has 22 nitrogen and oxygen atoms in total. The zero-order chi connectivity index (χ0) is 46.1. The summed E-state index contributed by atoms with van der Waals surface area (Å²) in [6.45, 7) is 5.18. The molecule has 0 amide bonds. The number of hydrogen-bond acceptors (Lipinski definition) is 20. The molecule has 31 heteroatoms. The summed E-state index contributed by atoms with van der Waals surface area (Å²) in [7, 11) is -12.9. The van der Waals surface area contributed by atoms with Gasteiger partial charge in [-0.1, -0.05) is 18.7 Å². The van der Waals surface area contributed by atoms with E-state index >= 15 is 0 Å². The Labute approximate surface area is 446 Å². The van der Waals surface area contributed by atoms with Crippen LogP contribution in [0.25, 0.3) is 5.43 Å². The van der Waals surface area contributed by atoms with E-state index in [0.29, 0.717) is 23.8 Å². The average molecular weight is 1090 g/mol. The van der Waals surface area contributed by atoms with Gasteiger partial charge >= 0.3 is 82.2 Å². The number of sulfone groups is 2. The van der Waals surface area contributed by atoms with E-state index in [1.165, 1.54) is 53.4 Å². The van der Waals surface area contributed by atoms with Crippen LogP contribution in [0.3, 0.4) is 0 Å². The molecule has 4 aromatic carbocycles. The molecule has 1 aromatic heterocycles. The van der Waals surface area contributed by atoms with E-state index in [1.54, 1.807) is 13.0 Å². The van der Waals surface area contributed by atoms with Crippen LogP contribution in [0.2, 0.25) is 5.28 Å². The number of aromatic nitrogens is 3. The van der Waals surface area contributed by atoms with E-state index in [1.807, 2.05) is 0 Å². The number of nitrogens with one attached hydrogen (secondary N) is 1. The number of phenolic OH excluding ortho intramolecular Hbond substituents is 1. The maximum absolute atomic E-state index is 12.6. The second-order valence-electron chi connectivity index (χ2n) is 12.1. The molecule has 0 aliphatic heterocycles. The number of phenols is 1. The monoisotopic (exact) mass is 1090 g/mol. The summed E-state index contributed by atoms with van der Waals surface area (Å²) in [5.41, 5.74) is 2.39. The van der Waals surface area contributed by atoms with Crippen LogP contribution in [0.4, 0.5) is 34.6 Å². The predicted octanol–water partition coefficient (Wildman–Crippen LogP) is 0.0512. The molecule has 342 valence electrons. The topological polar surface area (TPSA) is 330 Å². The molecule has 0 bridgehead atoms. The number of aromatic carboxylic acids is 1. The summed E-state index contributed by atoms with van der Waals surface area (Å²) in [6.07, 6.45) is 0. The third-order valence-corrected chi connectivity index (χ3v) is 13.2. The number of benzene rings is 4. The van der Waals surface area contributed by atoms with Gasteiger partial charge in [-0.15, -0.1) is 27.5 Å². The van der Waals surface area contributed by atoms with Crippen molar-refractivity contribution in [2.45, 2.75) is 26.5 Å².